The third kappa shape index (κ3) is 3.23. The maximum atomic E-state index is 13.2. The van der Waals surface area contributed by atoms with Gasteiger partial charge >= 0.3 is 5.97 Å². The number of amides is 1. The minimum atomic E-state index is -0.935. The third-order valence-corrected chi connectivity index (χ3v) is 5.85. The Bertz CT molecular complexity index is 855. The number of hydrogen-bond acceptors (Lipinski definition) is 4. The zero-order valence-corrected chi connectivity index (χ0v) is 15.4. The average molecular weight is 368 g/mol. The van der Waals surface area contributed by atoms with Crippen LogP contribution in [0.1, 0.15) is 35.4 Å². The van der Waals surface area contributed by atoms with Gasteiger partial charge in [-0.15, -0.1) is 0 Å². The van der Waals surface area contributed by atoms with Gasteiger partial charge in [-0.05, 0) is 44.7 Å². The van der Waals surface area contributed by atoms with E-state index in [2.05, 4.69) is 15.3 Å². The molecule has 1 amide bonds. The number of imidazole rings is 1. The molecular weight excluding hydrogens is 344 g/mol. The molecule has 3 heterocycles. The van der Waals surface area contributed by atoms with Gasteiger partial charge in [0.2, 0.25) is 0 Å². The molecule has 1 aromatic heterocycles. The number of hydrogen-bond donors (Lipinski definition) is 3. The minimum absolute atomic E-state index is 0.101. The van der Waals surface area contributed by atoms with Crippen molar-refractivity contribution in [2.45, 2.75) is 32.2 Å². The largest absolute Gasteiger partial charge is 0.480 e. The molecule has 4 rings (SSSR count). The molecule has 142 valence electrons. The van der Waals surface area contributed by atoms with Crippen LogP contribution in [0, 0.1) is 12.3 Å². The number of H-pyrrole nitrogens is 1. The Kier molecular flexibility index (Phi) is 4.47. The van der Waals surface area contributed by atoms with Crippen LogP contribution >= 0.6 is 0 Å². The first-order valence-corrected chi connectivity index (χ1v) is 9.36. The fraction of sp³-hybridized carbons (Fsp3) is 0.450. The molecule has 2 saturated heterocycles. The molecule has 7 nitrogen and oxygen atoms in total. The van der Waals surface area contributed by atoms with Crippen molar-refractivity contribution in [1.82, 2.24) is 20.2 Å². The predicted molar refractivity (Wildman–Crippen MR) is 100 cm³/mol. The first-order valence-electron chi connectivity index (χ1n) is 9.36. The lowest BCUT2D eigenvalue weighted by Gasteiger charge is -2.33. The van der Waals surface area contributed by atoms with Gasteiger partial charge in [0.15, 0.2) is 0 Å². The standard InChI is InChI=1S/C20H24N4O3/c1-13-16(23-17(22-13)14-5-3-2-4-6-14)18(25)24-12-20(7-9-21-10-8-20)11-15(24)19(26)27/h2-6,15,21H,7-12H2,1H3,(H,22,23)(H,26,27)/t15-/m0/s1. The molecule has 1 aromatic carbocycles. The Labute approximate surface area is 157 Å². The van der Waals surface area contributed by atoms with Crippen molar-refractivity contribution in [3.63, 3.8) is 0 Å². The zero-order chi connectivity index (χ0) is 19.0. The van der Waals surface area contributed by atoms with Crippen LogP contribution in [0.4, 0.5) is 0 Å². The smallest absolute Gasteiger partial charge is 0.326 e. The van der Waals surface area contributed by atoms with Crippen LogP contribution in [0.5, 0.6) is 0 Å². The van der Waals surface area contributed by atoms with Crippen LogP contribution in [-0.4, -0.2) is 57.5 Å². The average Bonchev–Trinajstić information content (AvgIpc) is 3.24. The lowest BCUT2D eigenvalue weighted by atomic mass is 9.77. The number of carbonyl (C=O) groups is 2. The van der Waals surface area contributed by atoms with Crippen LogP contribution in [0.3, 0.4) is 0 Å². The maximum Gasteiger partial charge on any atom is 0.326 e. The highest BCUT2D eigenvalue weighted by molar-refractivity contribution is 5.97. The van der Waals surface area contributed by atoms with Gasteiger partial charge in [-0.25, -0.2) is 9.78 Å². The summed E-state index contributed by atoms with van der Waals surface area (Å²) in [6.07, 6.45) is 2.31. The van der Waals surface area contributed by atoms with Crippen molar-refractivity contribution in [2.75, 3.05) is 19.6 Å². The number of aromatic nitrogens is 2. The van der Waals surface area contributed by atoms with Crippen molar-refractivity contribution >= 4 is 11.9 Å². The Morgan fingerprint density at radius 3 is 2.59 bits per heavy atom. The highest BCUT2D eigenvalue weighted by Gasteiger charge is 2.49. The van der Waals surface area contributed by atoms with E-state index in [1.165, 1.54) is 4.90 Å². The fourth-order valence-corrected chi connectivity index (χ4v) is 4.35. The lowest BCUT2D eigenvalue weighted by molar-refractivity contribution is -0.141. The summed E-state index contributed by atoms with van der Waals surface area (Å²) in [5, 5.41) is 13.0. The molecule has 1 atom stereocenters. The quantitative estimate of drug-likeness (QED) is 0.770. The Hall–Kier alpha value is -2.67. The summed E-state index contributed by atoms with van der Waals surface area (Å²) < 4.78 is 0. The van der Waals surface area contributed by atoms with E-state index >= 15 is 0 Å². The second kappa shape index (κ2) is 6.81. The van der Waals surface area contributed by atoms with Gasteiger partial charge in [0.1, 0.15) is 17.6 Å². The highest BCUT2D eigenvalue weighted by atomic mass is 16.4. The molecule has 0 saturated carbocycles. The number of aryl methyl sites for hydroxylation is 1. The number of carbonyl (C=O) groups excluding carboxylic acids is 1. The Morgan fingerprint density at radius 1 is 1.22 bits per heavy atom. The first kappa shape index (κ1) is 17.7. The van der Waals surface area contributed by atoms with Crippen LogP contribution in [0.25, 0.3) is 11.4 Å². The topological polar surface area (TPSA) is 98.3 Å². The first-order chi connectivity index (χ1) is 13.0. The molecule has 0 bridgehead atoms. The van der Waals surface area contributed by atoms with E-state index in [1.807, 2.05) is 30.3 Å². The summed E-state index contributed by atoms with van der Waals surface area (Å²) >= 11 is 0. The van der Waals surface area contributed by atoms with Crippen molar-refractivity contribution in [3.05, 3.63) is 41.7 Å². The van der Waals surface area contributed by atoms with Gasteiger partial charge in [-0.2, -0.15) is 0 Å². The fourth-order valence-electron chi connectivity index (χ4n) is 4.35. The Morgan fingerprint density at radius 2 is 1.93 bits per heavy atom. The number of nitrogens with zero attached hydrogens (tertiary/aromatic N) is 2. The molecule has 2 aliphatic rings. The van der Waals surface area contributed by atoms with E-state index in [0.29, 0.717) is 30.2 Å². The summed E-state index contributed by atoms with van der Waals surface area (Å²) in [7, 11) is 0. The summed E-state index contributed by atoms with van der Waals surface area (Å²) in [6, 6.07) is 8.81. The van der Waals surface area contributed by atoms with E-state index < -0.39 is 12.0 Å². The van der Waals surface area contributed by atoms with Gasteiger partial charge in [0, 0.05) is 17.8 Å². The molecule has 0 radical (unpaired) electrons. The molecule has 0 aliphatic carbocycles. The highest BCUT2D eigenvalue weighted by Crippen LogP contribution is 2.42. The summed E-state index contributed by atoms with van der Waals surface area (Å²) in [5.41, 5.74) is 1.77. The lowest BCUT2D eigenvalue weighted by Crippen LogP contribution is -2.42. The van der Waals surface area contributed by atoms with Gasteiger partial charge in [0.25, 0.3) is 5.91 Å². The van der Waals surface area contributed by atoms with Crippen molar-refractivity contribution in [2.24, 2.45) is 5.41 Å². The van der Waals surface area contributed by atoms with E-state index in [-0.39, 0.29) is 11.3 Å². The number of carboxylic acid groups (broad SMARTS) is 1. The monoisotopic (exact) mass is 368 g/mol. The predicted octanol–water partition coefficient (Wildman–Crippen LogP) is 2.05. The molecule has 0 unspecified atom stereocenters. The van der Waals surface area contributed by atoms with Crippen LogP contribution in [-0.2, 0) is 4.79 Å². The summed E-state index contributed by atoms with van der Waals surface area (Å²) in [4.78, 5) is 34.2. The van der Waals surface area contributed by atoms with Crippen LogP contribution in [0.2, 0.25) is 0 Å². The second-order valence-electron chi connectivity index (χ2n) is 7.67. The summed E-state index contributed by atoms with van der Waals surface area (Å²) in [5.74, 6) is -0.608. The normalized spacial score (nSPS) is 21.5. The Balaban J connectivity index is 1.63. The molecule has 2 aromatic rings. The van der Waals surface area contributed by atoms with E-state index in [0.717, 1.165) is 31.5 Å². The van der Waals surface area contributed by atoms with E-state index in [9.17, 15) is 14.7 Å². The molecule has 3 N–H and O–H groups in total. The summed E-state index contributed by atoms with van der Waals surface area (Å²) in [6.45, 7) is 4.03. The van der Waals surface area contributed by atoms with E-state index in [1.54, 1.807) is 6.92 Å². The van der Waals surface area contributed by atoms with Crippen molar-refractivity contribution in [1.29, 1.82) is 0 Å². The van der Waals surface area contributed by atoms with Gasteiger partial charge in [-0.3, -0.25) is 4.79 Å². The second-order valence-corrected chi connectivity index (χ2v) is 7.67. The van der Waals surface area contributed by atoms with Gasteiger partial charge in [0.05, 0.1) is 0 Å². The number of nitrogens with one attached hydrogen (secondary N) is 2. The number of carboxylic acids is 1. The third-order valence-electron chi connectivity index (χ3n) is 5.85. The van der Waals surface area contributed by atoms with Crippen LogP contribution in [0.15, 0.2) is 30.3 Å². The molecular formula is C20H24N4O3. The number of likely N-dealkylation sites (tertiary alicyclic amines) is 1. The van der Waals surface area contributed by atoms with Crippen molar-refractivity contribution in [3.8, 4) is 11.4 Å². The number of aliphatic carboxylic acids is 1. The molecule has 2 fully saturated rings. The number of benzene rings is 1. The van der Waals surface area contributed by atoms with Crippen molar-refractivity contribution < 1.29 is 14.7 Å². The SMILES string of the molecule is Cc1[nH]c(-c2ccccc2)nc1C(=O)N1CC2(CCNCC2)C[C@H]1C(=O)O. The number of piperidine rings is 1. The number of rotatable bonds is 3. The molecule has 7 heteroatoms. The number of aromatic amines is 1. The zero-order valence-electron chi connectivity index (χ0n) is 15.4. The maximum absolute atomic E-state index is 13.2. The van der Waals surface area contributed by atoms with Gasteiger partial charge < -0.3 is 20.3 Å². The van der Waals surface area contributed by atoms with E-state index in [4.69, 9.17) is 0 Å². The van der Waals surface area contributed by atoms with Crippen LogP contribution < -0.4 is 5.32 Å². The molecule has 2 aliphatic heterocycles. The minimum Gasteiger partial charge on any atom is -0.480 e. The molecule has 27 heavy (non-hydrogen) atoms. The van der Waals surface area contributed by atoms with Gasteiger partial charge in [-0.1, -0.05) is 30.3 Å². The molecule has 1 spiro atoms.